The summed E-state index contributed by atoms with van der Waals surface area (Å²) in [5, 5.41) is 13.9. The van der Waals surface area contributed by atoms with E-state index in [9.17, 15) is 35.9 Å². The first-order chi connectivity index (χ1) is 18.5. The van der Waals surface area contributed by atoms with Gasteiger partial charge in [-0.2, -0.15) is 31.1 Å². The van der Waals surface area contributed by atoms with E-state index in [1.165, 1.54) is 29.6 Å². The molecule has 3 aromatic rings. The number of halogens is 6. The van der Waals surface area contributed by atoms with Crippen LogP contribution < -0.4 is 10.1 Å². The van der Waals surface area contributed by atoms with Crippen LogP contribution >= 0.6 is 0 Å². The molecule has 10 nitrogen and oxygen atoms in total. The molecule has 1 amide bonds. The maximum Gasteiger partial charge on any atom is 0.393 e. The minimum absolute atomic E-state index is 0.0308. The van der Waals surface area contributed by atoms with Crippen LogP contribution in [0, 0.1) is 0 Å². The van der Waals surface area contributed by atoms with Crippen molar-refractivity contribution in [2.75, 3.05) is 14.2 Å². The number of amides is 1. The van der Waals surface area contributed by atoms with E-state index in [1.807, 2.05) is 5.32 Å². The Morgan fingerprint density at radius 2 is 1.75 bits per heavy atom. The Morgan fingerprint density at radius 3 is 2.30 bits per heavy atom. The summed E-state index contributed by atoms with van der Waals surface area (Å²) in [6.07, 6.45) is -12.5. The van der Waals surface area contributed by atoms with Crippen LogP contribution in [-0.2, 0) is 36.0 Å². The Labute approximate surface area is 223 Å². The molecule has 0 radical (unpaired) electrons. The summed E-state index contributed by atoms with van der Waals surface area (Å²) in [6.45, 7) is 0.867. The van der Waals surface area contributed by atoms with Crippen LogP contribution in [0.1, 0.15) is 35.0 Å². The second-order valence-electron chi connectivity index (χ2n) is 9.48. The van der Waals surface area contributed by atoms with E-state index >= 15 is 0 Å². The molecular formula is C24H24F6N6O4. The van der Waals surface area contributed by atoms with Gasteiger partial charge in [0.25, 0.3) is 5.91 Å². The Balaban J connectivity index is 1.86. The van der Waals surface area contributed by atoms with E-state index < -0.39 is 42.6 Å². The summed E-state index contributed by atoms with van der Waals surface area (Å²) in [4.78, 5) is 26.7. The molecule has 1 atom stereocenters. The molecule has 0 spiro atoms. The van der Waals surface area contributed by atoms with Gasteiger partial charge in [0.05, 0.1) is 45.4 Å². The number of esters is 1. The quantitative estimate of drug-likeness (QED) is 0.339. The molecule has 0 saturated carbocycles. The fourth-order valence-electron chi connectivity index (χ4n) is 4.82. The van der Waals surface area contributed by atoms with E-state index in [-0.39, 0.29) is 35.7 Å². The van der Waals surface area contributed by atoms with Gasteiger partial charge in [-0.3, -0.25) is 4.79 Å². The Hall–Kier alpha value is -4.11. The molecule has 1 N–H and O–H groups in total. The van der Waals surface area contributed by atoms with E-state index in [0.717, 1.165) is 20.1 Å². The fraction of sp³-hybridized carbons (Fsp3) is 0.458. The van der Waals surface area contributed by atoms with Crippen molar-refractivity contribution in [1.82, 2.24) is 30.1 Å². The number of benzene rings is 1. The van der Waals surface area contributed by atoms with E-state index in [1.54, 1.807) is 6.07 Å². The third-order valence-corrected chi connectivity index (χ3v) is 6.41. The lowest BCUT2D eigenvalue weighted by Gasteiger charge is -2.29. The number of aromatic nitrogens is 5. The van der Waals surface area contributed by atoms with Gasteiger partial charge < -0.3 is 19.4 Å². The predicted molar refractivity (Wildman–Crippen MR) is 126 cm³/mol. The molecule has 0 unspecified atom stereocenters. The number of alkyl halides is 6. The van der Waals surface area contributed by atoms with Crippen LogP contribution in [0.4, 0.5) is 26.3 Å². The van der Waals surface area contributed by atoms with Gasteiger partial charge in [-0.1, -0.05) is 0 Å². The highest BCUT2D eigenvalue weighted by Gasteiger charge is 2.47. The third-order valence-electron chi connectivity index (χ3n) is 6.41. The van der Waals surface area contributed by atoms with Crippen molar-refractivity contribution >= 4 is 11.9 Å². The molecule has 1 aromatic carbocycles. The van der Waals surface area contributed by atoms with Crippen LogP contribution in [0.3, 0.4) is 0 Å². The maximum atomic E-state index is 13.6. The highest BCUT2D eigenvalue weighted by atomic mass is 19.4. The molecule has 0 aliphatic carbocycles. The maximum absolute atomic E-state index is 13.6. The second-order valence-corrected chi connectivity index (χ2v) is 9.48. The van der Waals surface area contributed by atoms with Crippen molar-refractivity contribution in [3.63, 3.8) is 0 Å². The number of hydrogen-bond acceptors (Lipinski definition) is 7. The predicted octanol–water partition coefficient (Wildman–Crippen LogP) is 3.63. The van der Waals surface area contributed by atoms with Gasteiger partial charge in [0, 0.05) is 12.1 Å². The van der Waals surface area contributed by atoms with Crippen molar-refractivity contribution in [3.05, 3.63) is 35.0 Å². The van der Waals surface area contributed by atoms with Crippen molar-refractivity contribution in [2.45, 2.75) is 50.6 Å². The first-order valence-corrected chi connectivity index (χ1v) is 11.8. The molecule has 1 aliphatic rings. The molecule has 4 rings (SSSR count). The number of tetrazole rings is 1. The average molecular weight is 574 g/mol. The number of fused-ring (bicyclic) bond motifs is 3. The Bertz CT molecular complexity index is 1460. The number of carbonyl (C=O) groups excluding carboxylic acids is 2. The molecule has 3 heterocycles. The zero-order valence-corrected chi connectivity index (χ0v) is 21.7. The Morgan fingerprint density at radius 1 is 1.05 bits per heavy atom. The fourth-order valence-corrected chi connectivity index (χ4v) is 4.82. The lowest BCUT2D eigenvalue weighted by Crippen LogP contribution is -2.55. The molecule has 0 saturated heterocycles. The third kappa shape index (κ3) is 5.74. The minimum Gasteiger partial charge on any atom is -0.496 e. The minimum atomic E-state index is -4.86. The van der Waals surface area contributed by atoms with Crippen molar-refractivity contribution < 1.29 is 45.4 Å². The van der Waals surface area contributed by atoms with Crippen LogP contribution in [0.25, 0.3) is 22.6 Å². The first kappa shape index (κ1) is 28.9. The summed E-state index contributed by atoms with van der Waals surface area (Å²) in [7, 11) is 3.79. The number of rotatable bonds is 7. The lowest BCUT2D eigenvalue weighted by atomic mass is 9.92. The summed E-state index contributed by atoms with van der Waals surface area (Å²) in [5.41, 5.74) is -1.82. The first-order valence-electron chi connectivity index (χ1n) is 11.8. The van der Waals surface area contributed by atoms with Gasteiger partial charge in [-0.25, -0.2) is 4.79 Å². The number of methoxy groups -OCH3 is 2. The molecule has 0 fully saturated rings. The van der Waals surface area contributed by atoms with Crippen molar-refractivity contribution in [1.29, 1.82) is 0 Å². The van der Waals surface area contributed by atoms with E-state index in [0.29, 0.717) is 22.4 Å². The number of aryl methyl sites for hydroxylation is 2. The van der Waals surface area contributed by atoms with E-state index in [2.05, 4.69) is 20.1 Å². The van der Waals surface area contributed by atoms with Gasteiger partial charge in [0.15, 0.2) is 0 Å². The number of ether oxygens (including phenoxy) is 2. The molecule has 1 aliphatic heterocycles. The van der Waals surface area contributed by atoms with Gasteiger partial charge in [0.2, 0.25) is 5.82 Å². The smallest absolute Gasteiger partial charge is 0.393 e. The van der Waals surface area contributed by atoms with Crippen molar-refractivity contribution in [3.8, 4) is 28.4 Å². The van der Waals surface area contributed by atoms with Crippen LogP contribution in [-0.4, -0.2) is 68.8 Å². The topological polar surface area (TPSA) is 113 Å². The zero-order chi connectivity index (χ0) is 29.6. The van der Waals surface area contributed by atoms with Gasteiger partial charge in [0.1, 0.15) is 17.0 Å². The van der Waals surface area contributed by atoms with Gasteiger partial charge in [-0.15, -0.1) is 10.2 Å². The van der Waals surface area contributed by atoms with Gasteiger partial charge >= 0.3 is 18.3 Å². The number of nitrogens with zero attached hydrogens (tertiary/aromatic N) is 5. The Kier molecular flexibility index (Phi) is 7.32. The number of carbonyl (C=O) groups is 2. The van der Waals surface area contributed by atoms with Crippen LogP contribution in [0.2, 0.25) is 0 Å². The SMILES string of the molecule is COC(=O)[C@](C)(CC(F)(F)F)NC(=O)c1cc(CC(F)(F)F)c2n1CCc1cc(OC)c(-c3nnn(C)n3)cc1-2. The zero-order valence-electron chi connectivity index (χ0n) is 21.7. The molecule has 2 aromatic heterocycles. The number of nitrogens with one attached hydrogen (secondary N) is 1. The molecule has 16 heteroatoms. The summed E-state index contributed by atoms with van der Waals surface area (Å²) < 4.78 is 91.8. The average Bonchev–Trinajstić information content (AvgIpc) is 3.44. The summed E-state index contributed by atoms with van der Waals surface area (Å²) in [6, 6.07) is 4.13. The monoisotopic (exact) mass is 574 g/mol. The summed E-state index contributed by atoms with van der Waals surface area (Å²) in [5.74, 6) is -2.04. The molecular weight excluding hydrogens is 550 g/mol. The molecule has 216 valence electrons. The molecule has 0 bridgehead atoms. The van der Waals surface area contributed by atoms with Crippen LogP contribution in [0.15, 0.2) is 18.2 Å². The van der Waals surface area contributed by atoms with Crippen LogP contribution in [0.5, 0.6) is 5.75 Å². The van der Waals surface area contributed by atoms with Crippen molar-refractivity contribution in [2.24, 2.45) is 7.05 Å². The number of hydrogen-bond donors (Lipinski definition) is 1. The highest BCUT2D eigenvalue weighted by molar-refractivity contribution is 5.98. The second kappa shape index (κ2) is 10.1. The largest absolute Gasteiger partial charge is 0.496 e. The lowest BCUT2D eigenvalue weighted by molar-refractivity contribution is -0.169. The highest BCUT2D eigenvalue weighted by Crippen LogP contribution is 2.42. The standard InChI is InChI=1S/C24H24F6N6O4/c1-22(21(38)40-4,11-24(28,29)30)31-20(37)16-7-13(10-23(25,26)27)18-14-9-15(19-32-34-35(2)33-19)17(39-3)8-12(14)5-6-36(16)18/h7-9H,5-6,10-11H2,1-4H3,(H,31,37)/t22-/m0/s1. The normalized spacial score (nSPS) is 14.7. The van der Waals surface area contributed by atoms with E-state index in [4.69, 9.17) is 4.74 Å². The molecule has 40 heavy (non-hydrogen) atoms. The summed E-state index contributed by atoms with van der Waals surface area (Å²) >= 11 is 0. The van der Waals surface area contributed by atoms with Gasteiger partial charge in [-0.05, 0) is 47.9 Å².